The van der Waals surface area contributed by atoms with Gasteiger partial charge in [-0.3, -0.25) is 4.79 Å². The number of amides is 1. The minimum Gasteiger partial charge on any atom is -0.492 e. The van der Waals surface area contributed by atoms with E-state index in [1.54, 1.807) is 0 Å². The van der Waals surface area contributed by atoms with Crippen molar-refractivity contribution in [2.45, 2.75) is 76.2 Å². The minimum absolute atomic E-state index is 0.0922. The van der Waals surface area contributed by atoms with E-state index >= 15 is 0 Å². The van der Waals surface area contributed by atoms with Crippen LogP contribution in [0.3, 0.4) is 0 Å². The number of nitrogens with zero attached hydrogens (tertiary/aromatic N) is 1. The lowest BCUT2D eigenvalue weighted by Crippen LogP contribution is -2.54. The van der Waals surface area contributed by atoms with Gasteiger partial charge in [-0.1, -0.05) is 68.7 Å². The van der Waals surface area contributed by atoms with Crippen LogP contribution in [0.1, 0.15) is 75.8 Å². The first-order chi connectivity index (χ1) is 17.5. The number of carbonyl (C=O) groups excluding carboxylic acids is 1. The van der Waals surface area contributed by atoms with Crippen molar-refractivity contribution in [1.29, 1.82) is 0 Å². The van der Waals surface area contributed by atoms with Gasteiger partial charge in [-0.25, -0.2) is 0 Å². The van der Waals surface area contributed by atoms with Crippen molar-refractivity contribution in [3.05, 3.63) is 64.1 Å². The number of benzene rings is 2. The molecular formula is C31H41BrN2O2. The van der Waals surface area contributed by atoms with Crippen molar-refractivity contribution in [3.8, 4) is 5.75 Å². The van der Waals surface area contributed by atoms with E-state index in [1.165, 1.54) is 37.7 Å². The molecule has 4 unspecified atom stereocenters. The van der Waals surface area contributed by atoms with E-state index in [1.807, 2.05) is 13.0 Å². The van der Waals surface area contributed by atoms with Crippen molar-refractivity contribution < 1.29 is 9.53 Å². The zero-order chi connectivity index (χ0) is 25.1. The van der Waals surface area contributed by atoms with Crippen molar-refractivity contribution >= 4 is 21.8 Å². The molecule has 2 saturated heterocycles. The smallest absolute Gasteiger partial charge is 0.228 e. The fourth-order valence-electron chi connectivity index (χ4n) is 7.18. The Morgan fingerprint density at radius 2 is 1.86 bits per heavy atom. The maximum absolute atomic E-state index is 14.5. The van der Waals surface area contributed by atoms with E-state index in [0.717, 1.165) is 48.3 Å². The average Bonchev–Trinajstić information content (AvgIpc) is 3.32. The summed E-state index contributed by atoms with van der Waals surface area (Å²) in [5.41, 5.74) is 2.27. The monoisotopic (exact) mass is 552 g/mol. The molecule has 1 N–H and O–H groups in total. The van der Waals surface area contributed by atoms with E-state index in [-0.39, 0.29) is 11.3 Å². The normalized spacial score (nSPS) is 29.3. The molecule has 194 valence electrons. The summed E-state index contributed by atoms with van der Waals surface area (Å²) < 4.78 is 7.06. The third kappa shape index (κ3) is 4.98. The summed E-state index contributed by atoms with van der Waals surface area (Å²) in [4.78, 5) is 16.8. The molecule has 2 aromatic carbocycles. The van der Waals surface area contributed by atoms with Crippen LogP contribution in [0.2, 0.25) is 0 Å². The standard InChI is InChI=1S/C31H41BrN2O2/c1-3-36-29-25(15-10-16-27(29)32)31(2)21-33-20-26(31)30(35)34-18-17-24(22-11-6-4-7-12-22)19-28(34)23-13-8-5-9-14-23/h4,6-7,10-12,15-16,23-24,26,28,33H,3,5,8-9,13-14,17-21H2,1-2H3. The van der Waals surface area contributed by atoms with Gasteiger partial charge in [-0.05, 0) is 72.0 Å². The summed E-state index contributed by atoms with van der Waals surface area (Å²) in [6.07, 6.45) is 8.62. The maximum Gasteiger partial charge on any atom is 0.228 e. The fraction of sp³-hybridized carbons (Fsp3) is 0.581. The van der Waals surface area contributed by atoms with Gasteiger partial charge >= 0.3 is 0 Å². The van der Waals surface area contributed by atoms with Gasteiger partial charge in [0.25, 0.3) is 0 Å². The number of ether oxygens (including phenoxy) is 1. The van der Waals surface area contributed by atoms with Gasteiger partial charge in [0.15, 0.2) is 0 Å². The quantitative estimate of drug-likeness (QED) is 0.434. The van der Waals surface area contributed by atoms with Crippen LogP contribution in [0.4, 0.5) is 0 Å². The van der Waals surface area contributed by atoms with Gasteiger partial charge < -0.3 is 15.0 Å². The highest BCUT2D eigenvalue weighted by Gasteiger charge is 2.49. The number of nitrogens with one attached hydrogen (secondary N) is 1. The van der Waals surface area contributed by atoms with Gasteiger partial charge in [-0.2, -0.15) is 0 Å². The van der Waals surface area contributed by atoms with Crippen LogP contribution in [0.25, 0.3) is 0 Å². The molecule has 1 amide bonds. The first-order valence-corrected chi connectivity index (χ1v) is 14.8. The van der Waals surface area contributed by atoms with Crippen LogP contribution in [0.5, 0.6) is 5.75 Å². The molecule has 0 radical (unpaired) electrons. The molecule has 36 heavy (non-hydrogen) atoms. The van der Waals surface area contributed by atoms with E-state index in [2.05, 4.69) is 75.5 Å². The molecule has 2 heterocycles. The molecule has 5 heteroatoms. The first kappa shape index (κ1) is 25.8. The molecule has 4 atom stereocenters. The average molecular weight is 554 g/mol. The van der Waals surface area contributed by atoms with Crippen molar-refractivity contribution in [2.75, 3.05) is 26.2 Å². The Morgan fingerprint density at radius 3 is 2.61 bits per heavy atom. The van der Waals surface area contributed by atoms with Crippen LogP contribution in [0, 0.1) is 11.8 Å². The molecule has 0 bridgehead atoms. The molecule has 4 nitrogen and oxygen atoms in total. The predicted molar refractivity (Wildman–Crippen MR) is 150 cm³/mol. The fourth-order valence-corrected chi connectivity index (χ4v) is 7.66. The summed E-state index contributed by atoms with van der Waals surface area (Å²) in [6.45, 7) is 7.26. The van der Waals surface area contributed by atoms with E-state index < -0.39 is 0 Å². The number of rotatable bonds is 6. The number of hydrogen-bond acceptors (Lipinski definition) is 3. The number of carbonyl (C=O) groups is 1. The lowest BCUT2D eigenvalue weighted by atomic mass is 9.71. The Hall–Kier alpha value is -1.85. The molecule has 1 saturated carbocycles. The second-order valence-corrected chi connectivity index (χ2v) is 12.1. The highest BCUT2D eigenvalue weighted by Crippen LogP contribution is 2.46. The SMILES string of the molecule is CCOc1c(Br)cccc1C1(C)CNCC1C(=O)N1CCC(c2ccccc2)CC1C1CCCCC1. The van der Waals surface area contributed by atoms with Gasteiger partial charge in [0.05, 0.1) is 17.0 Å². The summed E-state index contributed by atoms with van der Waals surface area (Å²) in [5, 5.41) is 3.58. The molecule has 0 spiro atoms. The Balaban J connectivity index is 1.44. The summed E-state index contributed by atoms with van der Waals surface area (Å²) in [6, 6.07) is 17.6. The number of piperidine rings is 1. The third-order valence-corrected chi connectivity index (χ3v) is 9.80. The first-order valence-electron chi connectivity index (χ1n) is 14.0. The van der Waals surface area contributed by atoms with Crippen LogP contribution >= 0.6 is 15.9 Å². The zero-order valence-electron chi connectivity index (χ0n) is 21.8. The number of likely N-dealkylation sites (tertiary alicyclic amines) is 1. The van der Waals surface area contributed by atoms with Crippen molar-refractivity contribution in [1.82, 2.24) is 10.2 Å². The lowest BCUT2D eigenvalue weighted by Gasteiger charge is -2.47. The summed E-state index contributed by atoms with van der Waals surface area (Å²) in [7, 11) is 0. The second-order valence-electron chi connectivity index (χ2n) is 11.3. The van der Waals surface area contributed by atoms with Gasteiger partial charge in [0, 0.05) is 36.7 Å². The van der Waals surface area contributed by atoms with Crippen molar-refractivity contribution in [2.24, 2.45) is 11.8 Å². The third-order valence-electron chi connectivity index (χ3n) is 9.17. The molecule has 2 aliphatic heterocycles. The number of para-hydroxylation sites is 1. The Kier molecular flexibility index (Phi) is 8.07. The molecule has 3 aliphatic rings. The second kappa shape index (κ2) is 11.3. The Bertz CT molecular complexity index is 1040. The van der Waals surface area contributed by atoms with Crippen LogP contribution < -0.4 is 10.1 Å². The van der Waals surface area contributed by atoms with Gasteiger partial charge in [-0.15, -0.1) is 0 Å². The van der Waals surface area contributed by atoms with Crippen LogP contribution in [-0.2, 0) is 10.2 Å². The van der Waals surface area contributed by atoms with Gasteiger partial charge in [0.2, 0.25) is 5.91 Å². The molecule has 1 aliphatic carbocycles. The number of halogens is 1. The van der Waals surface area contributed by atoms with Gasteiger partial charge in [0.1, 0.15) is 5.75 Å². The highest BCUT2D eigenvalue weighted by atomic mass is 79.9. The zero-order valence-corrected chi connectivity index (χ0v) is 23.4. The van der Waals surface area contributed by atoms with E-state index in [9.17, 15) is 4.79 Å². The minimum atomic E-state index is -0.307. The van der Waals surface area contributed by atoms with Crippen LogP contribution in [-0.4, -0.2) is 43.1 Å². The summed E-state index contributed by atoms with van der Waals surface area (Å²) >= 11 is 3.70. The topological polar surface area (TPSA) is 41.6 Å². The lowest BCUT2D eigenvalue weighted by molar-refractivity contribution is -0.142. The number of hydrogen-bond donors (Lipinski definition) is 1. The Labute approximate surface area is 225 Å². The predicted octanol–water partition coefficient (Wildman–Crippen LogP) is 6.68. The highest BCUT2D eigenvalue weighted by molar-refractivity contribution is 9.10. The molecular weight excluding hydrogens is 512 g/mol. The largest absolute Gasteiger partial charge is 0.492 e. The van der Waals surface area contributed by atoms with E-state index in [0.29, 0.717) is 30.4 Å². The molecule has 3 fully saturated rings. The Morgan fingerprint density at radius 1 is 1.08 bits per heavy atom. The van der Waals surface area contributed by atoms with Crippen LogP contribution in [0.15, 0.2) is 53.0 Å². The van der Waals surface area contributed by atoms with Crippen molar-refractivity contribution in [3.63, 3.8) is 0 Å². The molecule has 5 rings (SSSR count). The van der Waals surface area contributed by atoms with E-state index in [4.69, 9.17) is 4.74 Å². The molecule has 0 aromatic heterocycles. The summed E-state index contributed by atoms with van der Waals surface area (Å²) in [5.74, 6) is 2.30. The molecule has 2 aromatic rings. The maximum atomic E-state index is 14.5.